The van der Waals surface area contributed by atoms with E-state index in [1.165, 1.54) is 0 Å². The van der Waals surface area contributed by atoms with E-state index in [-0.39, 0.29) is 24.2 Å². The molecule has 0 fully saturated rings. The molecule has 0 aromatic heterocycles. The Balaban J connectivity index is 1.84. The molecule has 0 unspecified atom stereocenters. The molecule has 4 rings (SSSR count). The molecule has 2 aliphatic rings. The number of rotatable bonds is 10. The third-order valence-corrected chi connectivity index (χ3v) is 8.27. The smallest absolute Gasteiger partial charge is 0.337 e. The number of carbonyl (C=O) groups is 2. The van der Waals surface area contributed by atoms with Crippen molar-refractivity contribution >= 4 is 27.7 Å². The number of hydrogen-bond acceptors (Lipinski definition) is 8. The highest BCUT2D eigenvalue weighted by Crippen LogP contribution is 2.49. The number of methoxy groups -OCH3 is 3. The lowest BCUT2D eigenvalue weighted by Crippen LogP contribution is -2.36. The Kier molecular flexibility index (Phi) is 9.68. The zero-order valence-corrected chi connectivity index (χ0v) is 26.3. The molecule has 1 aliphatic heterocycles. The van der Waals surface area contributed by atoms with Gasteiger partial charge in [0.15, 0.2) is 28.8 Å². The molecule has 2 aromatic carbocycles. The van der Waals surface area contributed by atoms with Gasteiger partial charge in [0.25, 0.3) is 0 Å². The van der Waals surface area contributed by atoms with Crippen molar-refractivity contribution in [2.75, 3.05) is 27.9 Å². The fourth-order valence-corrected chi connectivity index (χ4v) is 6.15. The summed E-state index contributed by atoms with van der Waals surface area (Å²) in [4.78, 5) is 27.7. The Morgan fingerprint density at radius 2 is 1.71 bits per heavy atom. The first-order chi connectivity index (χ1) is 19.7. The number of Topliss-reactive ketones (excluding diaryl/α,β-unsaturated/α-hetero) is 1. The highest BCUT2D eigenvalue weighted by atomic mass is 79.9. The van der Waals surface area contributed by atoms with Crippen molar-refractivity contribution in [1.82, 2.24) is 5.32 Å². The van der Waals surface area contributed by atoms with Crippen LogP contribution in [0, 0.1) is 0 Å². The molecule has 8 nitrogen and oxygen atoms in total. The molecular formula is C32H38BrNO7. The molecule has 0 saturated heterocycles. The van der Waals surface area contributed by atoms with E-state index in [0.717, 1.165) is 16.8 Å². The molecule has 9 heteroatoms. The average molecular weight is 629 g/mol. The number of halogens is 1. The topological polar surface area (TPSA) is 92.3 Å². The Hall–Kier alpha value is -3.46. The fourth-order valence-electron chi connectivity index (χ4n) is 5.53. The van der Waals surface area contributed by atoms with E-state index in [9.17, 15) is 9.59 Å². The van der Waals surface area contributed by atoms with Crippen molar-refractivity contribution in [3.05, 3.63) is 68.5 Å². The van der Waals surface area contributed by atoms with Crippen LogP contribution in [-0.4, -0.2) is 45.8 Å². The Bertz CT molecular complexity index is 1400. The summed E-state index contributed by atoms with van der Waals surface area (Å²) < 4.78 is 28.9. The van der Waals surface area contributed by atoms with Gasteiger partial charge in [0.2, 0.25) is 0 Å². The Labute approximate surface area is 250 Å². The van der Waals surface area contributed by atoms with E-state index in [0.29, 0.717) is 63.8 Å². The van der Waals surface area contributed by atoms with Gasteiger partial charge in [-0.05, 0) is 90.9 Å². The van der Waals surface area contributed by atoms with Gasteiger partial charge in [0.05, 0.1) is 44.1 Å². The quantitative estimate of drug-likeness (QED) is 0.295. The van der Waals surface area contributed by atoms with Crippen LogP contribution in [0.2, 0.25) is 0 Å². The van der Waals surface area contributed by atoms with Crippen LogP contribution in [0.3, 0.4) is 0 Å². The van der Waals surface area contributed by atoms with Gasteiger partial charge in [-0.1, -0.05) is 13.0 Å². The predicted molar refractivity (Wildman–Crippen MR) is 160 cm³/mol. The second-order valence-corrected chi connectivity index (χ2v) is 11.1. The minimum absolute atomic E-state index is 0.0326. The molecule has 0 spiro atoms. The summed E-state index contributed by atoms with van der Waals surface area (Å²) in [6.07, 6.45) is 1.29. The summed E-state index contributed by atoms with van der Waals surface area (Å²) in [5, 5.41) is 3.41. The molecule has 3 atom stereocenters. The SMILES string of the molecule is CCOc1cc([C@H]2C(C(=O)O[C@@H](C)CC)=C(C)NC3=C2C(=O)C[C@H](c2ccc(OC)c(OC)c2)C3)cc(Br)c1OC. The van der Waals surface area contributed by atoms with Crippen LogP contribution >= 0.6 is 15.9 Å². The molecular weight excluding hydrogens is 590 g/mol. The van der Waals surface area contributed by atoms with Gasteiger partial charge in [-0.15, -0.1) is 0 Å². The van der Waals surface area contributed by atoms with Gasteiger partial charge >= 0.3 is 5.97 Å². The number of allylic oxidation sites excluding steroid dienone is 3. The first kappa shape index (κ1) is 30.5. The second kappa shape index (κ2) is 13.0. The number of nitrogens with one attached hydrogen (secondary N) is 1. The minimum atomic E-state index is -0.636. The maximum atomic E-state index is 14.0. The minimum Gasteiger partial charge on any atom is -0.493 e. The molecule has 220 valence electrons. The van der Waals surface area contributed by atoms with Gasteiger partial charge in [0.1, 0.15) is 0 Å². The van der Waals surface area contributed by atoms with E-state index in [1.54, 1.807) is 21.3 Å². The molecule has 0 radical (unpaired) electrons. The van der Waals surface area contributed by atoms with Gasteiger partial charge in [0, 0.05) is 29.3 Å². The molecule has 41 heavy (non-hydrogen) atoms. The Morgan fingerprint density at radius 3 is 2.34 bits per heavy atom. The summed E-state index contributed by atoms with van der Waals surface area (Å²) >= 11 is 3.61. The standard InChI is InChI=1S/C32H38BrNO7/c1-8-17(3)41-32(36)28-18(4)34-23-13-20(19-10-11-25(37-5)26(15-19)38-6)14-24(35)30(23)29(28)21-12-22(33)31(39-7)27(16-21)40-9-2/h10-12,15-17,20,29,34H,8-9,13-14H2,1-7H3/t17-,20+,29-/m0/s1. The zero-order valence-electron chi connectivity index (χ0n) is 24.7. The number of dihydropyridines is 1. The van der Waals surface area contributed by atoms with Crippen LogP contribution in [0.1, 0.15) is 69.9 Å². The Morgan fingerprint density at radius 1 is 1.00 bits per heavy atom. The van der Waals surface area contributed by atoms with Crippen LogP contribution in [-0.2, 0) is 14.3 Å². The van der Waals surface area contributed by atoms with Crippen molar-refractivity contribution in [3.63, 3.8) is 0 Å². The van der Waals surface area contributed by atoms with Gasteiger partial charge < -0.3 is 29.0 Å². The lowest BCUT2D eigenvalue weighted by molar-refractivity contribution is -0.144. The molecule has 2 aromatic rings. The van der Waals surface area contributed by atoms with E-state index >= 15 is 0 Å². The van der Waals surface area contributed by atoms with Crippen LogP contribution < -0.4 is 24.3 Å². The van der Waals surface area contributed by atoms with Crippen LogP contribution in [0.5, 0.6) is 23.0 Å². The van der Waals surface area contributed by atoms with E-state index in [1.807, 2.05) is 58.0 Å². The third kappa shape index (κ3) is 6.10. The number of ketones is 1. The number of benzene rings is 2. The van der Waals surface area contributed by atoms with Crippen molar-refractivity contribution in [3.8, 4) is 23.0 Å². The summed E-state index contributed by atoms with van der Waals surface area (Å²) in [5.74, 6) is 1.14. The maximum absolute atomic E-state index is 14.0. The monoisotopic (exact) mass is 627 g/mol. The van der Waals surface area contributed by atoms with Gasteiger partial charge in [-0.3, -0.25) is 4.79 Å². The molecule has 0 saturated carbocycles. The zero-order chi connectivity index (χ0) is 29.8. The van der Waals surface area contributed by atoms with Crippen LogP contribution in [0.4, 0.5) is 0 Å². The molecule has 1 N–H and O–H groups in total. The second-order valence-electron chi connectivity index (χ2n) is 10.2. The number of ether oxygens (including phenoxy) is 5. The highest BCUT2D eigenvalue weighted by molar-refractivity contribution is 9.10. The number of esters is 1. The lowest BCUT2D eigenvalue weighted by Gasteiger charge is -2.37. The summed E-state index contributed by atoms with van der Waals surface area (Å²) in [6, 6.07) is 9.50. The normalized spacial score (nSPS) is 19.3. The van der Waals surface area contributed by atoms with Crippen LogP contribution in [0.15, 0.2) is 57.3 Å². The predicted octanol–water partition coefficient (Wildman–Crippen LogP) is 6.58. The first-order valence-corrected chi connectivity index (χ1v) is 14.6. The molecule has 1 heterocycles. The average Bonchev–Trinajstić information content (AvgIpc) is 2.95. The third-order valence-electron chi connectivity index (χ3n) is 7.68. The van der Waals surface area contributed by atoms with Crippen LogP contribution in [0.25, 0.3) is 0 Å². The maximum Gasteiger partial charge on any atom is 0.337 e. The summed E-state index contributed by atoms with van der Waals surface area (Å²) in [5.41, 5.74) is 4.17. The van der Waals surface area contributed by atoms with E-state index in [4.69, 9.17) is 23.7 Å². The number of carbonyl (C=O) groups excluding carboxylic acids is 2. The largest absolute Gasteiger partial charge is 0.493 e. The summed E-state index contributed by atoms with van der Waals surface area (Å²) in [6.45, 7) is 8.00. The van der Waals surface area contributed by atoms with Crippen molar-refractivity contribution in [2.45, 2.75) is 64.9 Å². The first-order valence-electron chi connectivity index (χ1n) is 13.8. The molecule has 0 bridgehead atoms. The molecule has 0 amide bonds. The van der Waals surface area contributed by atoms with Crippen molar-refractivity contribution < 1.29 is 33.3 Å². The fraction of sp³-hybridized carbons (Fsp3) is 0.438. The van der Waals surface area contributed by atoms with Crippen molar-refractivity contribution in [1.29, 1.82) is 0 Å². The summed E-state index contributed by atoms with van der Waals surface area (Å²) in [7, 11) is 4.77. The number of hydrogen-bond donors (Lipinski definition) is 1. The van der Waals surface area contributed by atoms with E-state index in [2.05, 4.69) is 21.2 Å². The van der Waals surface area contributed by atoms with E-state index < -0.39 is 11.9 Å². The van der Waals surface area contributed by atoms with Gasteiger partial charge in [-0.25, -0.2) is 4.79 Å². The molecule has 1 aliphatic carbocycles. The lowest BCUT2D eigenvalue weighted by atomic mass is 9.71. The van der Waals surface area contributed by atoms with Crippen molar-refractivity contribution in [2.24, 2.45) is 0 Å². The van der Waals surface area contributed by atoms with Gasteiger partial charge in [-0.2, -0.15) is 0 Å². The highest BCUT2D eigenvalue weighted by Gasteiger charge is 2.42.